The molecule has 0 saturated carbocycles. The lowest BCUT2D eigenvalue weighted by molar-refractivity contribution is 0.0630. The maximum atomic E-state index is 11.4. The van der Waals surface area contributed by atoms with Crippen molar-refractivity contribution in [1.82, 2.24) is 9.97 Å². The number of hydrogen-bond acceptors (Lipinski definition) is 12. The van der Waals surface area contributed by atoms with Gasteiger partial charge in [0.2, 0.25) is 0 Å². The van der Waals surface area contributed by atoms with Crippen LogP contribution in [0, 0.1) is 12.8 Å². The predicted molar refractivity (Wildman–Crippen MR) is 124 cm³/mol. The predicted octanol–water partition coefficient (Wildman–Crippen LogP) is 0.712. The van der Waals surface area contributed by atoms with Crippen molar-refractivity contribution in [2.24, 2.45) is 0 Å². The van der Waals surface area contributed by atoms with Gasteiger partial charge in [-0.3, -0.25) is 29.2 Å². The SMILES string of the molecule is O=C(OP(=O)(O)O)c1cccnc1.O=C(OP(=O)(O)OC[C@H]1CO1)c1cccnc1.OC[C@H]1CO1.[2H]C#C. The third kappa shape index (κ3) is 15.6. The van der Waals surface area contributed by atoms with Crippen molar-refractivity contribution in [2.75, 3.05) is 26.4 Å². The number of aliphatic hydroxyl groups is 1. The molecular weight excluding hydrogens is 538 g/mol. The van der Waals surface area contributed by atoms with Gasteiger partial charge in [-0.25, -0.2) is 18.7 Å². The molecule has 2 aliphatic rings. The Kier molecular flexibility index (Phi) is 13.0. The minimum atomic E-state index is -4.76. The van der Waals surface area contributed by atoms with Crippen LogP contribution in [-0.2, 0) is 32.2 Å². The first-order valence-corrected chi connectivity index (χ1v) is 13.0. The number of carbonyl (C=O) groups is 2. The zero-order valence-corrected chi connectivity index (χ0v) is 20.7. The molecule has 17 heteroatoms. The summed E-state index contributed by atoms with van der Waals surface area (Å²) in [6.07, 6.45) is 11.0. The molecule has 3 atom stereocenters. The van der Waals surface area contributed by atoms with Crippen molar-refractivity contribution in [3.8, 4) is 12.8 Å². The van der Waals surface area contributed by atoms with Crippen molar-refractivity contribution in [3.05, 3.63) is 60.2 Å². The van der Waals surface area contributed by atoms with Crippen molar-refractivity contribution < 1.29 is 62.9 Å². The van der Waals surface area contributed by atoms with Crippen LogP contribution in [0.3, 0.4) is 0 Å². The monoisotopic (exact) mass is 563 g/mol. The number of nitrogens with zero attached hydrogens (tertiary/aromatic N) is 2. The molecule has 0 aromatic carbocycles. The van der Waals surface area contributed by atoms with Crippen molar-refractivity contribution in [1.29, 1.82) is 0 Å². The number of phosphoric acid groups is 2. The molecule has 0 radical (unpaired) electrons. The van der Waals surface area contributed by atoms with Gasteiger partial charge in [0.15, 0.2) is 0 Å². The number of rotatable bonds is 8. The highest BCUT2D eigenvalue weighted by Crippen LogP contribution is 2.44. The van der Waals surface area contributed by atoms with Crippen molar-refractivity contribution in [3.63, 3.8) is 0 Å². The van der Waals surface area contributed by atoms with E-state index < -0.39 is 27.6 Å². The van der Waals surface area contributed by atoms with Gasteiger partial charge in [-0.05, 0) is 24.3 Å². The van der Waals surface area contributed by atoms with Crippen LogP contribution in [0.1, 0.15) is 22.1 Å². The van der Waals surface area contributed by atoms with E-state index in [0.717, 1.165) is 12.8 Å². The van der Waals surface area contributed by atoms with Gasteiger partial charge in [0, 0.05) is 24.8 Å². The lowest BCUT2D eigenvalue weighted by Crippen LogP contribution is -2.07. The van der Waals surface area contributed by atoms with Crippen molar-refractivity contribution >= 4 is 27.6 Å². The number of aliphatic hydroxyl groups excluding tert-OH is 1. The highest BCUT2D eigenvalue weighted by Gasteiger charge is 2.32. The van der Waals surface area contributed by atoms with Gasteiger partial charge in [0.1, 0.15) is 13.6 Å². The van der Waals surface area contributed by atoms with Crippen LogP contribution in [0.2, 0.25) is 0 Å². The maximum absolute atomic E-state index is 11.4. The molecule has 0 bridgehead atoms. The number of hydrogen-bond donors (Lipinski definition) is 4. The van der Waals surface area contributed by atoms with Gasteiger partial charge in [-0.1, -0.05) is 0 Å². The van der Waals surface area contributed by atoms with Gasteiger partial charge in [-0.15, -0.1) is 12.8 Å². The van der Waals surface area contributed by atoms with E-state index in [1.807, 2.05) is 0 Å². The standard InChI is InChI=1S/C9H10NO6P.C6H6NO5P.C3H6O2.C2H2/c11-9(7-2-1-3-10-4-7)16-17(12,13)15-6-8-5-14-8;8-6(12-13(9,10)11)5-2-1-3-7-4-5;4-1-3-2-5-3;1-2/h1-4,8H,5-6H2,(H,12,13);1-4H,(H2,9,10,11);3-4H,1-2H2;1-2H/t8-;;3-;/m1.0./s1/i;;;1D. The molecule has 0 amide bonds. The Morgan fingerprint density at radius 1 is 1.00 bits per heavy atom. The number of terminal acetylenes is 1. The first kappa shape index (κ1) is 30.2. The normalized spacial score (nSPS) is 18.6. The zero-order valence-electron chi connectivity index (χ0n) is 19.9. The lowest BCUT2D eigenvalue weighted by Gasteiger charge is -2.10. The Balaban J connectivity index is 0.000000301. The smallest absolute Gasteiger partial charge is 0.394 e. The Labute approximate surface area is 212 Å². The molecule has 0 aliphatic carbocycles. The van der Waals surface area contributed by atoms with E-state index in [1.54, 1.807) is 0 Å². The molecule has 2 saturated heterocycles. The highest BCUT2D eigenvalue weighted by atomic mass is 31.2. The summed E-state index contributed by atoms with van der Waals surface area (Å²) in [5, 5.41) is 8.08. The number of carbonyl (C=O) groups excluding carboxylic acids is 2. The zero-order chi connectivity index (χ0) is 28.6. The van der Waals surface area contributed by atoms with Crippen LogP contribution >= 0.6 is 15.6 Å². The van der Waals surface area contributed by atoms with E-state index in [0.29, 0.717) is 6.61 Å². The van der Waals surface area contributed by atoms with Crippen LogP contribution in [0.5, 0.6) is 0 Å². The molecule has 202 valence electrons. The van der Waals surface area contributed by atoms with Gasteiger partial charge in [-0.2, -0.15) is 0 Å². The van der Waals surface area contributed by atoms with Crippen LogP contribution < -0.4 is 0 Å². The third-order valence-corrected chi connectivity index (χ3v) is 4.90. The van der Waals surface area contributed by atoms with Gasteiger partial charge in [0.25, 0.3) is 0 Å². The molecule has 2 fully saturated rings. The topological polar surface area (TPSA) is 228 Å². The first-order valence-electron chi connectivity index (χ1n) is 10.4. The second kappa shape index (κ2) is 16.0. The second-order valence-corrected chi connectivity index (χ2v) is 9.13. The first-order chi connectivity index (χ1) is 17.9. The Morgan fingerprint density at radius 2 is 1.46 bits per heavy atom. The van der Waals surface area contributed by atoms with Crippen molar-refractivity contribution in [2.45, 2.75) is 12.2 Å². The molecule has 2 aliphatic heterocycles. The summed E-state index contributed by atoms with van der Waals surface area (Å²) in [6.45, 7) is 1.36. The summed E-state index contributed by atoms with van der Waals surface area (Å²) in [6, 6.07) is 5.72. The van der Waals surface area contributed by atoms with E-state index in [4.69, 9.17) is 21.0 Å². The summed E-state index contributed by atoms with van der Waals surface area (Å²) < 4.78 is 49.5. The summed E-state index contributed by atoms with van der Waals surface area (Å²) in [5.41, 5.74) is 0.0684. The highest BCUT2D eigenvalue weighted by molar-refractivity contribution is 7.48. The third-order valence-electron chi connectivity index (χ3n) is 3.63. The van der Waals surface area contributed by atoms with Crippen LogP contribution in [0.4, 0.5) is 0 Å². The van der Waals surface area contributed by atoms with Gasteiger partial charge >= 0.3 is 27.6 Å². The molecule has 2 aromatic rings. The number of aromatic nitrogens is 2. The van der Waals surface area contributed by atoms with E-state index in [9.17, 15) is 23.6 Å². The molecule has 2 aromatic heterocycles. The van der Waals surface area contributed by atoms with Crippen LogP contribution in [0.15, 0.2) is 49.1 Å². The summed E-state index contributed by atoms with van der Waals surface area (Å²) in [7, 11) is -9.15. The van der Waals surface area contributed by atoms with Crippen LogP contribution in [0.25, 0.3) is 0 Å². The summed E-state index contributed by atoms with van der Waals surface area (Å²) in [5.74, 6) is -2.05. The quantitative estimate of drug-likeness (QED) is 0.197. The van der Waals surface area contributed by atoms with Gasteiger partial charge < -0.3 is 23.6 Å². The second-order valence-electron chi connectivity index (χ2n) is 6.59. The minimum absolute atomic E-state index is 0.00850. The fraction of sp³-hybridized carbons (Fsp3) is 0.300. The van der Waals surface area contributed by atoms with Crippen LogP contribution in [-0.4, -0.2) is 80.3 Å². The van der Waals surface area contributed by atoms with E-state index in [1.165, 1.54) is 49.3 Å². The van der Waals surface area contributed by atoms with E-state index in [-0.39, 0.29) is 36.5 Å². The largest absolute Gasteiger partial charge is 0.529 e. The molecule has 4 rings (SSSR count). The van der Waals surface area contributed by atoms with E-state index >= 15 is 0 Å². The summed E-state index contributed by atoms with van der Waals surface area (Å²) in [4.78, 5) is 55.4. The lowest BCUT2D eigenvalue weighted by atomic mass is 10.3. The molecular formula is C20H24N2O13P2. The fourth-order valence-corrected chi connectivity index (χ4v) is 2.87. The Morgan fingerprint density at radius 3 is 1.78 bits per heavy atom. The van der Waals surface area contributed by atoms with Gasteiger partial charge in [0.05, 0.1) is 37.6 Å². The molecule has 4 N–H and O–H groups in total. The number of phosphoric ester groups is 2. The van der Waals surface area contributed by atoms with E-state index in [2.05, 4.69) is 34.7 Å². The minimum Gasteiger partial charge on any atom is -0.394 e. The average molecular weight is 563 g/mol. The summed E-state index contributed by atoms with van der Waals surface area (Å²) >= 11 is 0. The number of ether oxygens (including phenoxy) is 2. The Bertz CT molecular complexity index is 1140. The number of pyridine rings is 2. The molecule has 37 heavy (non-hydrogen) atoms. The Hall–Kier alpha value is -3.02. The molecule has 4 heterocycles. The molecule has 0 spiro atoms. The fourth-order valence-electron chi connectivity index (χ4n) is 1.83. The maximum Gasteiger partial charge on any atom is 0.529 e. The average Bonchev–Trinajstić information content (AvgIpc) is 3.78. The molecule has 1 unspecified atom stereocenters. The number of epoxide rings is 2. The molecule has 15 nitrogen and oxygen atoms in total.